The van der Waals surface area contributed by atoms with E-state index >= 15 is 0 Å². The van der Waals surface area contributed by atoms with E-state index in [-0.39, 0.29) is 11.7 Å². The van der Waals surface area contributed by atoms with Crippen molar-refractivity contribution in [3.8, 4) is 17.1 Å². The molecule has 0 aliphatic carbocycles. The lowest BCUT2D eigenvalue weighted by molar-refractivity contribution is -0.118. The number of carbonyl (C=O) groups is 1. The minimum Gasteiger partial charge on any atom is -0.272 e. The average Bonchev–Trinajstić information content (AvgIpc) is 3.25. The number of halogens is 3. The summed E-state index contributed by atoms with van der Waals surface area (Å²) >= 11 is 16.6. The van der Waals surface area contributed by atoms with E-state index in [0.717, 1.165) is 21.3 Å². The van der Waals surface area contributed by atoms with Crippen LogP contribution in [0, 0.1) is 0 Å². The molecule has 1 N–H and O–H groups in total. The second kappa shape index (κ2) is 11.0. The van der Waals surface area contributed by atoms with Crippen LogP contribution < -0.4 is 5.43 Å². The van der Waals surface area contributed by atoms with E-state index in [1.54, 1.807) is 18.2 Å². The van der Waals surface area contributed by atoms with E-state index in [4.69, 9.17) is 23.2 Å². The highest BCUT2D eigenvalue weighted by Crippen LogP contribution is 2.28. The van der Waals surface area contributed by atoms with Crippen molar-refractivity contribution in [2.45, 2.75) is 5.16 Å². The Labute approximate surface area is 213 Å². The highest BCUT2D eigenvalue weighted by Gasteiger charge is 2.17. The zero-order chi connectivity index (χ0) is 23.2. The number of benzene rings is 3. The van der Waals surface area contributed by atoms with Gasteiger partial charge in [-0.3, -0.25) is 9.36 Å². The fourth-order valence-electron chi connectivity index (χ4n) is 2.89. The molecule has 1 aromatic heterocycles. The molecule has 1 heterocycles. The molecule has 166 valence electrons. The Morgan fingerprint density at radius 2 is 1.79 bits per heavy atom. The highest BCUT2D eigenvalue weighted by atomic mass is 79.9. The van der Waals surface area contributed by atoms with Crippen LogP contribution in [-0.4, -0.2) is 32.6 Å². The number of hydrogen-bond donors (Lipinski definition) is 1. The number of rotatable bonds is 7. The van der Waals surface area contributed by atoms with E-state index < -0.39 is 0 Å². The third kappa shape index (κ3) is 6.03. The summed E-state index contributed by atoms with van der Waals surface area (Å²) in [6.07, 6.45) is 1.50. The number of nitrogens with zero attached hydrogens (tertiary/aromatic N) is 4. The van der Waals surface area contributed by atoms with Gasteiger partial charge in [0.05, 0.1) is 22.0 Å². The molecule has 33 heavy (non-hydrogen) atoms. The fraction of sp³-hybridized carbons (Fsp3) is 0.0435. The summed E-state index contributed by atoms with van der Waals surface area (Å²) in [5.74, 6) is 0.531. The summed E-state index contributed by atoms with van der Waals surface area (Å²) < 4.78 is 2.90. The van der Waals surface area contributed by atoms with Gasteiger partial charge in [-0.15, -0.1) is 10.2 Å². The number of amides is 1. The number of thioether (sulfide) groups is 1. The van der Waals surface area contributed by atoms with Gasteiger partial charge in [-0.05, 0) is 42.0 Å². The first-order valence-corrected chi connectivity index (χ1v) is 12.2. The van der Waals surface area contributed by atoms with Crippen molar-refractivity contribution in [3.05, 3.63) is 92.9 Å². The maximum absolute atomic E-state index is 12.3. The van der Waals surface area contributed by atoms with Gasteiger partial charge in [-0.1, -0.05) is 87.3 Å². The Bertz CT molecular complexity index is 1300. The number of aromatic nitrogens is 3. The summed E-state index contributed by atoms with van der Waals surface area (Å²) in [7, 11) is 0. The van der Waals surface area contributed by atoms with Crippen molar-refractivity contribution in [3.63, 3.8) is 0 Å². The van der Waals surface area contributed by atoms with Crippen molar-refractivity contribution < 1.29 is 4.79 Å². The van der Waals surface area contributed by atoms with Gasteiger partial charge in [-0.2, -0.15) is 5.10 Å². The largest absolute Gasteiger partial charge is 0.272 e. The molecule has 0 radical (unpaired) electrons. The maximum atomic E-state index is 12.3. The lowest BCUT2D eigenvalue weighted by Crippen LogP contribution is -2.20. The molecule has 1 amide bonds. The van der Waals surface area contributed by atoms with Gasteiger partial charge in [-0.25, -0.2) is 5.43 Å². The Morgan fingerprint density at radius 3 is 2.52 bits per heavy atom. The van der Waals surface area contributed by atoms with Gasteiger partial charge in [0.15, 0.2) is 11.0 Å². The Balaban J connectivity index is 1.49. The van der Waals surface area contributed by atoms with Crippen LogP contribution in [0.2, 0.25) is 10.0 Å². The van der Waals surface area contributed by atoms with Gasteiger partial charge >= 0.3 is 0 Å². The van der Waals surface area contributed by atoms with Crippen LogP contribution in [0.15, 0.2) is 87.5 Å². The number of hydrogen-bond acceptors (Lipinski definition) is 5. The third-order valence-electron chi connectivity index (χ3n) is 4.43. The third-order valence-corrected chi connectivity index (χ3v) is 6.63. The predicted octanol–water partition coefficient (Wildman–Crippen LogP) is 6.25. The molecular formula is C23H16BrCl2N5OS. The van der Waals surface area contributed by atoms with Crippen molar-refractivity contribution >= 4 is 63.0 Å². The van der Waals surface area contributed by atoms with Crippen molar-refractivity contribution in [2.24, 2.45) is 5.10 Å². The second-order valence-electron chi connectivity index (χ2n) is 6.74. The van der Waals surface area contributed by atoms with Gasteiger partial charge in [0, 0.05) is 15.7 Å². The SMILES string of the molecule is O=C(CSc1nnc(-c2ccccc2)n1-c1ccc(Br)cc1)N/N=C/c1ccc(Cl)c(Cl)c1. The molecule has 6 nitrogen and oxygen atoms in total. The Hall–Kier alpha value is -2.65. The van der Waals surface area contributed by atoms with Crippen LogP contribution in [0.3, 0.4) is 0 Å². The van der Waals surface area contributed by atoms with Gasteiger partial charge < -0.3 is 0 Å². The molecule has 0 spiro atoms. The molecule has 4 rings (SSSR count). The van der Waals surface area contributed by atoms with E-state index in [2.05, 4.69) is 36.7 Å². The van der Waals surface area contributed by atoms with Gasteiger partial charge in [0.1, 0.15) is 0 Å². The molecule has 0 aliphatic heterocycles. The first-order chi connectivity index (χ1) is 16.0. The van der Waals surface area contributed by atoms with E-state index in [0.29, 0.717) is 21.0 Å². The number of hydrazone groups is 1. The minimum absolute atomic E-state index is 0.113. The molecule has 3 aromatic carbocycles. The summed E-state index contributed by atoms with van der Waals surface area (Å²) in [5.41, 5.74) is 5.05. The van der Waals surface area contributed by atoms with Crippen LogP contribution >= 0.6 is 50.9 Å². The van der Waals surface area contributed by atoms with Gasteiger partial charge in [0.25, 0.3) is 5.91 Å². The van der Waals surface area contributed by atoms with Gasteiger partial charge in [0.2, 0.25) is 0 Å². The maximum Gasteiger partial charge on any atom is 0.250 e. The van der Waals surface area contributed by atoms with Crippen molar-refractivity contribution in [1.29, 1.82) is 0 Å². The summed E-state index contributed by atoms with van der Waals surface area (Å²) in [5, 5.41) is 14.2. The summed E-state index contributed by atoms with van der Waals surface area (Å²) in [4.78, 5) is 12.3. The van der Waals surface area contributed by atoms with Crippen molar-refractivity contribution in [2.75, 3.05) is 5.75 Å². The van der Waals surface area contributed by atoms with E-state index in [1.807, 2.05) is 59.2 Å². The zero-order valence-corrected chi connectivity index (χ0v) is 20.9. The quantitative estimate of drug-likeness (QED) is 0.165. The second-order valence-corrected chi connectivity index (χ2v) is 9.41. The molecule has 0 saturated carbocycles. The lowest BCUT2D eigenvalue weighted by Gasteiger charge is -2.10. The first kappa shape index (κ1) is 23.5. The Morgan fingerprint density at radius 1 is 1.03 bits per heavy atom. The molecule has 0 fully saturated rings. The molecule has 0 bridgehead atoms. The lowest BCUT2D eigenvalue weighted by atomic mass is 10.2. The summed E-state index contributed by atoms with van der Waals surface area (Å²) in [6.45, 7) is 0. The monoisotopic (exact) mass is 559 g/mol. The van der Waals surface area contributed by atoms with Crippen LogP contribution in [0.1, 0.15) is 5.56 Å². The molecule has 0 aliphatic rings. The number of nitrogens with one attached hydrogen (secondary N) is 1. The Kier molecular flexibility index (Phi) is 7.82. The first-order valence-electron chi connectivity index (χ1n) is 9.68. The molecule has 0 unspecified atom stereocenters. The highest BCUT2D eigenvalue weighted by molar-refractivity contribution is 9.10. The molecule has 4 aromatic rings. The fourth-order valence-corrected chi connectivity index (χ4v) is 4.21. The molecule has 10 heteroatoms. The predicted molar refractivity (Wildman–Crippen MR) is 137 cm³/mol. The van der Waals surface area contributed by atoms with E-state index in [9.17, 15) is 4.79 Å². The van der Waals surface area contributed by atoms with Crippen LogP contribution in [0.25, 0.3) is 17.1 Å². The minimum atomic E-state index is -0.275. The van der Waals surface area contributed by atoms with Crippen LogP contribution in [0.5, 0.6) is 0 Å². The zero-order valence-electron chi connectivity index (χ0n) is 17.0. The summed E-state index contributed by atoms with van der Waals surface area (Å²) in [6, 6.07) is 22.7. The molecular weight excluding hydrogens is 545 g/mol. The molecule has 0 atom stereocenters. The standard InChI is InChI=1S/C23H16BrCl2N5OS/c24-17-7-9-18(10-8-17)31-22(16-4-2-1-3-5-16)29-30-23(31)33-14-21(32)28-27-13-15-6-11-19(25)20(26)12-15/h1-13H,14H2,(H,28,32)/b27-13+. The normalized spacial score (nSPS) is 11.1. The van der Waals surface area contributed by atoms with Crippen LogP contribution in [-0.2, 0) is 4.79 Å². The number of carbonyl (C=O) groups excluding carboxylic acids is 1. The van der Waals surface area contributed by atoms with Crippen LogP contribution in [0.4, 0.5) is 0 Å². The average molecular weight is 561 g/mol. The van der Waals surface area contributed by atoms with E-state index in [1.165, 1.54) is 18.0 Å². The smallest absolute Gasteiger partial charge is 0.250 e. The topological polar surface area (TPSA) is 72.2 Å². The van der Waals surface area contributed by atoms with Crippen molar-refractivity contribution in [1.82, 2.24) is 20.2 Å². The molecule has 0 saturated heterocycles.